The normalized spacial score (nSPS) is 25.0. The predicted molar refractivity (Wildman–Crippen MR) is 119 cm³/mol. The molecule has 1 aliphatic carbocycles. The van der Waals surface area contributed by atoms with Crippen LogP contribution < -0.4 is 11.1 Å². The summed E-state index contributed by atoms with van der Waals surface area (Å²) < 4.78 is 0. The van der Waals surface area contributed by atoms with Crippen molar-refractivity contribution in [1.82, 2.24) is 10.2 Å². The molecule has 0 bridgehead atoms. The number of rotatable bonds is 7. The Morgan fingerprint density at radius 3 is 2.62 bits per heavy atom. The number of hydrogen-bond acceptors (Lipinski definition) is 5. The lowest BCUT2D eigenvalue weighted by atomic mass is 9.68. The summed E-state index contributed by atoms with van der Waals surface area (Å²) in [5.74, 6) is -1.62. The standard InChI is InChI=1S/C24H30N4O4/c1-15-3-4-17-11-18(22(26)30)5-6-20(17)24(23(31)32,12-16(15)2)8-9-27-14-21(29)28-10-7-19(28)13-25/h5-6,11,19,27H,3-4,7-10,12,14H2,1-2H3,(H2,26,30)(H,31,32)/b16-15-. The van der Waals surface area contributed by atoms with Gasteiger partial charge in [-0.25, -0.2) is 0 Å². The number of amides is 2. The molecule has 2 atom stereocenters. The van der Waals surface area contributed by atoms with Crippen molar-refractivity contribution in [1.29, 1.82) is 5.26 Å². The second-order valence-corrected chi connectivity index (χ2v) is 8.81. The molecular weight excluding hydrogens is 408 g/mol. The Hall–Kier alpha value is -3.18. The Bertz CT molecular complexity index is 1010. The van der Waals surface area contributed by atoms with Crippen LogP contribution in [0.25, 0.3) is 0 Å². The van der Waals surface area contributed by atoms with Crippen molar-refractivity contribution in [3.05, 3.63) is 46.0 Å². The largest absolute Gasteiger partial charge is 0.481 e. The molecule has 170 valence electrons. The van der Waals surface area contributed by atoms with Crippen molar-refractivity contribution in [2.45, 2.75) is 57.4 Å². The smallest absolute Gasteiger partial charge is 0.314 e. The summed E-state index contributed by atoms with van der Waals surface area (Å²) in [6.07, 6.45) is 2.75. The molecule has 1 fully saturated rings. The average Bonchev–Trinajstić information content (AvgIpc) is 2.72. The summed E-state index contributed by atoms with van der Waals surface area (Å²) in [5, 5.41) is 22.5. The van der Waals surface area contributed by atoms with Gasteiger partial charge < -0.3 is 21.1 Å². The van der Waals surface area contributed by atoms with Gasteiger partial charge in [0, 0.05) is 12.1 Å². The minimum absolute atomic E-state index is 0.0647. The van der Waals surface area contributed by atoms with Gasteiger partial charge in [0.25, 0.3) is 0 Å². The van der Waals surface area contributed by atoms with Gasteiger partial charge in [-0.1, -0.05) is 17.2 Å². The lowest BCUT2D eigenvalue weighted by molar-refractivity contribution is -0.144. The first kappa shape index (κ1) is 23.5. The quantitative estimate of drug-likeness (QED) is 0.439. The molecule has 0 aromatic heterocycles. The number of allylic oxidation sites excluding steroid dienone is 2. The Morgan fingerprint density at radius 2 is 2.03 bits per heavy atom. The maximum Gasteiger partial charge on any atom is 0.314 e. The van der Waals surface area contributed by atoms with Gasteiger partial charge in [0.05, 0.1) is 18.0 Å². The van der Waals surface area contributed by atoms with Crippen molar-refractivity contribution in [3.63, 3.8) is 0 Å². The monoisotopic (exact) mass is 438 g/mol. The Labute approximate surface area is 188 Å². The molecule has 4 N–H and O–H groups in total. The van der Waals surface area contributed by atoms with Crippen LogP contribution in [0.2, 0.25) is 0 Å². The first-order valence-electron chi connectivity index (χ1n) is 10.9. The van der Waals surface area contributed by atoms with Crippen LogP contribution in [0.1, 0.15) is 61.0 Å². The molecular formula is C24H30N4O4. The molecule has 1 aromatic carbocycles. The molecule has 2 unspecified atom stereocenters. The zero-order chi connectivity index (χ0) is 23.5. The maximum absolute atomic E-state index is 12.7. The number of carboxylic acids is 1. The maximum atomic E-state index is 12.7. The average molecular weight is 439 g/mol. The number of nitriles is 1. The fraction of sp³-hybridized carbons (Fsp3) is 0.500. The van der Waals surface area contributed by atoms with Gasteiger partial charge in [-0.3, -0.25) is 14.4 Å². The van der Waals surface area contributed by atoms with E-state index in [4.69, 9.17) is 11.0 Å². The molecule has 2 amide bonds. The molecule has 1 aliphatic heterocycles. The van der Waals surface area contributed by atoms with E-state index in [1.54, 1.807) is 18.2 Å². The van der Waals surface area contributed by atoms with Crippen LogP contribution in [0, 0.1) is 11.3 Å². The summed E-state index contributed by atoms with van der Waals surface area (Å²) in [5.41, 5.74) is 8.35. The third-order valence-electron chi connectivity index (χ3n) is 6.87. The SMILES string of the molecule is C/C1=C(\C)CC(CCNCC(=O)N2CCC2C#N)(C(=O)O)c2ccc(C(N)=O)cc2CC1. The highest BCUT2D eigenvalue weighted by molar-refractivity contribution is 5.93. The van der Waals surface area contributed by atoms with E-state index in [0.717, 1.165) is 23.1 Å². The van der Waals surface area contributed by atoms with Crippen LogP contribution in [0.15, 0.2) is 29.3 Å². The highest BCUT2D eigenvalue weighted by Gasteiger charge is 2.42. The highest BCUT2D eigenvalue weighted by Crippen LogP contribution is 2.40. The second kappa shape index (κ2) is 9.53. The van der Waals surface area contributed by atoms with Crippen LogP contribution in [-0.2, 0) is 21.4 Å². The summed E-state index contributed by atoms with van der Waals surface area (Å²) in [7, 11) is 0. The number of aryl methyl sites for hydroxylation is 1. The minimum Gasteiger partial charge on any atom is -0.481 e. The lowest BCUT2D eigenvalue weighted by Crippen LogP contribution is -2.53. The number of fused-ring (bicyclic) bond motifs is 1. The zero-order valence-electron chi connectivity index (χ0n) is 18.6. The number of nitrogens with two attached hydrogens (primary N) is 1. The van der Waals surface area contributed by atoms with Crippen molar-refractivity contribution in [2.24, 2.45) is 5.73 Å². The summed E-state index contributed by atoms with van der Waals surface area (Å²) in [6.45, 7) is 4.96. The summed E-state index contributed by atoms with van der Waals surface area (Å²) in [4.78, 5) is 38.2. The van der Waals surface area contributed by atoms with Gasteiger partial charge in [0.15, 0.2) is 0 Å². The molecule has 8 heteroatoms. The third-order valence-corrected chi connectivity index (χ3v) is 6.87. The van der Waals surface area contributed by atoms with Crippen LogP contribution in [0.4, 0.5) is 0 Å². The fourth-order valence-corrected chi connectivity index (χ4v) is 4.59. The Balaban J connectivity index is 1.84. The number of carbonyl (C=O) groups is 3. The molecule has 2 aliphatic rings. The number of aliphatic carboxylic acids is 1. The van der Waals surface area contributed by atoms with E-state index in [1.165, 1.54) is 4.90 Å². The van der Waals surface area contributed by atoms with Crippen LogP contribution in [0.3, 0.4) is 0 Å². The number of primary amides is 1. The molecule has 8 nitrogen and oxygen atoms in total. The van der Waals surface area contributed by atoms with Gasteiger partial charge in [-0.2, -0.15) is 5.26 Å². The van der Waals surface area contributed by atoms with Crippen molar-refractivity contribution >= 4 is 17.8 Å². The zero-order valence-corrected chi connectivity index (χ0v) is 18.6. The van der Waals surface area contributed by atoms with E-state index in [0.29, 0.717) is 43.5 Å². The van der Waals surface area contributed by atoms with Gasteiger partial charge in [0.2, 0.25) is 11.8 Å². The summed E-state index contributed by atoms with van der Waals surface area (Å²) in [6, 6.07) is 6.77. The van der Waals surface area contributed by atoms with Gasteiger partial charge >= 0.3 is 5.97 Å². The molecule has 3 rings (SSSR count). The van der Waals surface area contributed by atoms with Crippen molar-refractivity contribution < 1.29 is 19.5 Å². The molecule has 32 heavy (non-hydrogen) atoms. The van der Waals surface area contributed by atoms with E-state index >= 15 is 0 Å². The van der Waals surface area contributed by atoms with Crippen LogP contribution in [-0.4, -0.2) is 53.5 Å². The Kier molecular flexibility index (Phi) is 6.99. The lowest BCUT2D eigenvalue weighted by Gasteiger charge is -2.37. The van der Waals surface area contributed by atoms with E-state index in [-0.39, 0.29) is 24.9 Å². The number of hydrogen-bond donors (Lipinski definition) is 3. The first-order valence-corrected chi connectivity index (χ1v) is 10.9. The molecule has 1 saturated heterocycles. The topological polar surface area (TPSA) is 137 Å². The van der Waals surface area contributed by atoms with Gasteiger partial charge in [-0.05, 0) is 75.8 Å². The molecule has 0 saturated carbocycles. The predicted octanol–water partition coefficient (Wildman–Crippen LogP) is 1.88. The van der Waals surface area contributed by atoms with Crippen molar-refractivity contribution in [2.75, 3.05) is 19.6 Å². The van der Waals surface area contributed by atoms with Gasteiger partial charge in [0.1, 0.15) is 6.04 Å². The highest BCUT2D eigenvalue weighted by atomic mass is 16.4. The fourth-order valence-electron chi connectivity index (χ4n) is 4.59. The van der Waals surface area contributed by atoms with E-state index < -0.39 is 17.3 Å². The van der Waals surface area contributed by atoms with E-state index in [1.807, 2.05) is 13.8 Å². The number of likely N-dealkylation sites (tertiary alicyclic amines) is 1. The van der Waals surface area contributed by atoms with Crippen LogP contribution >= 0.6 is 0 Å². The molecule has 0 radical (unpaired) electrons. The summed E-state index contributed by atoms with van der Waals surface area (Å²) >= 11 is 0. The minimum atomic E-state index is -1.18. The molecule has 1 heterocycles. The van der Waals surface area contributed by atoms with Crippen molar-refractivity contribution in [3.8, 4) is 6.07 Å². The molecule has 1 aromatic rings. The Morgan fingerprint density at radius 1 is 1.28 bits per heavy atom. The number of nitrogens with zero attached hydrogens (tertiary/aromatic N) is 2. The number of carboxylic acid groups (broad SMARTS) is 1. The third kappa shape index (κ3) is 4.53. The van der Waals surface area contributed by atoms with Crippen LogP contribution in [0.5, 0.6) is 0 Å². The number of benzene rings is 1. The second-order valence-electron chi connectivity index (χ2n) is 8.81. The molecule has 0 spiro atoms. The first-order chi connectivity index (χ1) is 15.2. The van der Waals surface area contributed by atoms with Gasteiger partial charge in [-0.15, -0.1) is 0 Å². The number of carbonyl (C=O) groups excluding carboxylic acids is 2. The van der Waals surface area contributed by atoms with E-state index in [2.05, 4.69) is 11.4 Å². The van der Waals surface area contributed by atoms with E-state index in [9.17, 15) is 19.5 Å². The number of nitrogens with one attached hydrogen (secondary N) is 1.